The van der Waals surface area contributed by atoms with Gasteiger partial charge in [0.2, 0.25) is 16.0 Å². The molecule has 1 aliphatic rings. The standard InChI is InChI=1S/C18H23N5O4S/c1-18(2,3)14-4-6-16(7-5-14)28(26,27)22-10-8-21(9-11-22)17-19-12-15(13-20-17)23(24)25/h4-7,12-13H,8-11H2,1-3H3. The van der Waals surface area contributed by atoms with Gasteiger partial charge in [-0.2, -0.15) is 4.31 Å². The van der Waals surface area contributed by atoms with Crippen LogP contribution in [0.4, 0.5) is 11.6 Å². The van der Waals surface area contributed by atoms with Crippen LogP contribution in [0, 0.1) is 10.1 Å². The van der Waals surface area contributed by atoms with Gasteiger partial charge in [0.1, 0.15) is 12.4 Å². The fourth-order valence-corrected chi connectivity index (χ4v) is 4.40. The van der Waals surface area contributed by atoms with Gasteiger partial charge < -0.3 is 4.90 Å². The summed E-state index contributed by atoms with van der Waals surface area (Å²) in [7, 11) is -3.57. The van der Waals surface area contributed by atoms with Crippen LogP contribution in [0.2, 0.25) is 0 Å². The molecule has 1 fully saturated rings. The number of hydrogen-bond acceptors (Lipinski definition) is 7. The molecular weight excluding hydrogens is 382 g/mol. The molecule has 10 heteroatoms. The van der Waals surface area contributed by atoms with Gasteiger partial charge in [0.15, 0.2) is 0 Å². The number of nitro groups is 1. The highest BCUT2D eigenvalue weighted by Gasteiger charge is 2.29. The topological polar surface area (TPSA) is 110 Å². The minimum atomic E-state index is -3.57. The lowest BCUT2D eigenvalue weighted by Gasteiger charge is -2.34. The van der Waals surface area contributed by atoms with E-state index in [9.17, 15) is 18.5 Å². The van der Waals surface area contributed by atoms with E-state index in [1.807, 2.05) is 17.0 Å². The molecule has 0 unspecified atom stereocenters. The summed E-state index contributed by atoms with van der Waals surface area (Å²) < 4.78 is 27.3. The number of aromatic nitrogens is 2. The Labute approximate surface area is 164 Å². The zero-order valence-corrected chi connectivity index (χ0v) is 16.9. The highest BCUT2D eigenvalue weighted by Crippen LogP contribution is 2.25. The summed E-state index contributed by atoms with van der Waals surface area (Å²) >= 11 is 0. The molecule has 0 spiro atoms. The molecule has 0 N–H and O–H groups in total. The van der Waals surface area contributed by atoms with Crippen LogP contribution < -0.4 is 4.90 Å². The zero-order chi connectivity index (χ0) is 20.5. The van der Waals surface area contributed by atoms with Crippen molar-refractivity contribution in [2.24, 2.45) is 0 Å². The summed E-state index contributed by atoms with van der Waals surface area (Å²) in [5, 5.41) is 10.7. The molecule has 0 amide bonds. The third-order valence-electron chi connectivity index (χ3n) is 4.71. The van der Waals surface area contributed by atoms with Crippen molar-refractivity contribution in [3.63, 3.8) is 0 Å². The van der Waals surface area contributed by atoms with E-state index >= 15 is 0 Å². The summed E-state index contributed by atoms with van der Waals surface area (Å²) in [4.78, 5) is 20.2. The maximum Gasteiger partial charge on any atom is 0.305 e. The number of hydrogen-bond donors (Lipinski definition) is 0. The first-order chi connectivity index (χ1) is 13.1. The van der Waals surface area contributed by atoms with Gasteiger partial charge >= 0.3 is 5.69 Å². The Bertz CT molecular complexity index is 945. The Hall–Kier alpha value is -2.59. The second-order valence-corrected chi connectivity index (χ2v) is 9.60. The third kappa shape index (κ3) is 4.12. The van der Waals surface area contributed by atoms with Crippen LogP contribution in [0.15, 0.2) is 41.6 Å². The minimum Gasteiger partial charge on any atom is -0.338 e. The molecular formula is C18H23N5O4S. The molecule has 0 bridgehead atoms. The Morgan fingerprint density at radius 2 is 1.54 bits per heavy atom. The van der Waals surface area contributed by atoms with Crippen molar-refractivity contribution in [3.8, 4) is 0 Å². The number of anilines is 1. The second-order valence-electron chi connectivity index (χ2n) is 7.66. The third-order valence-corrected chi connectivity index (χ3v) is 6.63. The quantitative estimate of drug-likeness (QED) is 0.566. The predicted octanol–water partition coefficient (Wildman–Crippen LogP) is 2.19. The van der Waals surface area contributed by atoms with Crippen LogP contribution in [-0.2, 0) is 15.4 Å². The van der Waals surface area contributed by atoms with Crippen molar-refractivity contribution in [1.29, 1.82) is 0 Å². The monoisotopic (exact) mass is 405 g/mol. The average molecular weight is 405 g/mol. The molecule has 28 heavy (non-hydrogen) atoms. The van der Waals surface area contributed by atoms with E-state index in [-0.39, 0.29) is 16.0 Å². The summed E-state index contributed by atoms with van der Waals surface area (Å²) in [6.07, 6.45) is 2.31. The van der Waals surface area contributed by atoms with Gasteiger partial charge in [-0.1, -0.05) is 32.9 Å². The van der Waals surface area contributed by atoms with E-state index in [1.165, 1.54) is 4.31 Å². The molecule has 0 saturated carbocycles. The molecule has 9 nitrogen and oxygen atoms in total. The zero-order valence-electron chi connectivity index (χ0n) is 16.1. The molecule has 3 rings (SSSR count). The van der Waals surface area contributed by atoms with Crippen molar-refractivity contribution < 1.29 is 13.3 Å². The first-order valence-corrected chi connectivity index (χ1v) is 10.3. The van der Waals surface area contributed by atoms with Crippen LogP contribution in [0.3, 0.4) is 0 Å². The smallest absolute Gasteiger partial charge is 0.305 e. The lowest BCUT2D eigenvalue weighted by molar-refractivity contribution is -0.385. The molecule has 1 aromatic carbocycles. The van der Waals surface area contributed by atoms with Crippen LogP contribution in [-0.4, -0.2) is 53.8 Å². The van der Waals surface area contributed by atoms with Crippen molar-refractivity contribution in [2.45, 2.75) is 31.1 Å². The number of nitrogens with zero attached hydrogens (tertiary/aromatic N) is 5. The number of sulfonamides is 1. The maximum absolute atomic E-state index is 12.9. The Morgan fingerprint density at radius 1 is 1.00 bits per heavy atom. The molecule has 150 valence electrons. The van der Waals surface area contributed by atoms with E-state index in [2.05, 4.69) is 30.7 Å². The average Bonchev–Trinajstić information content (AvgIpc) is 2.67. The molecule has 1 saturated heterocycles. The summed E-state index contributed by atoms with van der Waals surface area (Å²) in [6.45, 7) is 7.66. The van der Waals surface area contributed by atoms with Crippen molar-refractivity contribution in [3.05, 3.63) is 52.3 Å². The number of rotatable bonds is 4. The Balaban J connectivity index is 1.69. The molecule has 1 aliphatic heterocycles. The highest BCUT2D eigenvalue weighted by molar-refractivity contribution is 7.89. The SMILES string of the molecule is CC(C)(C)c1ccc(S(=O)(=O)N2CCN(c3ncc([N+](=O)[O-])cn3)CC2)cc1. The van der Waals surface area contributed by atoms with E-state index in [1.54, 1.807) is 12.1 Å². The van der Waals surface area contributed by atoms with E-state index in [0.717, 1.165) is 18.0 Å². The van der Waals surface area contributed by atoms with Crippen LogP contribution in [0.1, 0.15) is 26.3 Å². The molecule has 2 aromatic rings. The minimum absolute atomic E-state index is 0.0430. The first kappa shape index (κ1) is 20.2. The molecule has 0 aliphatic carbocycles. The normalized spacial score (nSPS) is 16.2. The second kappa shape index (κ2) is 7.44. The van der Waals surface area contributed by atoms with Gasteiger partial charge in [0.05, 0.1) is 9.82 Å². The van der Waals surface area contributed by atoms with Gasteiger partial charge in [-0.15, -0.1) is 0 Å². The van der Waals surface area contributed by atoms with E-state index < -0.39 is 14.9 Å². The van der Waals surface area contributed by atoms with Gasteiger partial charge in [-0.3, -0.25) is 10.1 Å². The number of piperazine rings is 1. The Kier molecular flexibility index (Phi) is 5.35. The van der Waals surface area contributed by atoms with Gasteiger partial charge in [-0.05, 0) is 23.1 Å². The van der Waals surface area contributed by atoms with Crippen molar-refractivity contribution in [2.75, 3.05) is 31.1 Å². The van der Waals surface area contributed by atoms with Crippen LogP contribution in [0.5, 0.6) is 0 Å². The molecule has 2 heterocycles. The highest BCUT2D eigenvalue weighted by atomic mass is 32.2. The summed E-state index contributed by atoms with van der Waals surface area (Å²) in [6, 6.07) is 7.02. The Morgan fingerprint density at radius 3 is 2.00 bits per heavy atom. The maximum atomic E-state index is 12.9. The lowest BCUT2D eigenvalue weighted by atomic mass is 9.87. The number of benzene rings is 1. The van der Waals surface area contributed by atoms with E-state index in [4.69, 9.17) is 0 Å². The molecule has 0 atom stereocenters. The predicted molar refractivity (Wildman–Crippen MR) is 105 cm³/mol. The lowest BCUT2D eigenvalue weighted by Crippen LogP contribution is -2.49. The van der Waals surface area contributed by atoms with Crippen LogP contribution in [0.25, 0.3) is 0 Å². The van der Waals surface area contributed by atoms with Gasteiger partial charge in [-0.25, -0.2) is 18.4 Å². The summed E-state index contributed by atoms with van der Waals surface area (Å²) in [5.41, 5.74) is 0.855. The van der Waals surface area contributed by atoms with Crippen molar-refractivity contribution >= 4 is 21.7 Å². The summed E-state index contributed by atoms with van der Waals surface area (Å²) in [5.74, 6) is 0.358. The van der Waals surface area contributed by atoms with Gasteiger partial charge in [0, 0.05) is 26.2 Å². The fraction of sp³-hybridized carbons (Fsp3) is 0.444. The molecule has 0 radical (unpaired) electrons. The van der Waals surface area contributed by atoms with Crippen molar-refractivity contribution in [1.82, 2.24) is 14.3 Å². The van der Waals surface area contributed by atoms with Crippen LogP contribution >= 0.6 is 0 Å². The fourth-order valence-electron chi connectivity index (χ4n) is 2.98. The first-order valence-electron chi connectivity index (χ1n) is 8.91. The van der Waals surface area contributed by atoms with Gasteiger partial charge in [0.25, 0.3) is 0 Å². The molecule has 1 aromatic heterocycles. The largest absolute Gasteiger partial charge is 0.338 e. The van der Waals surface area contributed by atoms with E-state index in [0.29, 0.717) is 32.1 Å².